The van der Waals surface area contributed by atoms with Crippen molar-refractivity contribution in [3.63, 3.8) is 0 Å². The Morgan fingerprint density at radius 2 is 1.67 bits per heavy atom. The standard InChI is InChI=1S/C14H18N2O8/c17-5-8-9(19)10(20)11(21)13(24-8)16-14(23)15-12(22)6-1-3-7(18)4-2-6/h1-4,8-11,13,17-21H,5H2,(H2,15,16,22,23)/t8-,9-,10+,11-,13-/m1/s1. The summed E-state index contributed by atoms with van der Waals surface area (Å²) >= 11 is 0. The van der Waals surface area contributed by atoms with Gasteiger partial charge in [0.05, 0.1) is 6.61 Å². The summed E-state index contributed by atoms with van der Waals surface area (Å²) in [5.74, 6) is -0.811. The van der Waals surface area contributed by atoms with Crippen molar-refractivity contribution in [2.45, 2.75) is 30.6 Å². The van der Waals surface area contributed by atoms with Crippen LogP contribution < -0.4 is 10.6 Å². The van der Waals surface area contributed by atoms with Crippen LogP contribution in [-0.4, -0.2) is 74.7 Å². The van der Waals surface area contributed by atoms with E-state index in [1.165, 1.54) is 24.3 Å². The number of hydrogen-bond donors (Lipinski definition) is 7. The smallest absolute Gasteiger partial charge is 0.323 e. The van der Waals surface area contributed by atoms with Gasteiger partial charge in [-0.1, -0.05) is 0 Å². The number of urea groups is 1. The highest BCUT2D eigenvalue weighted by Crippen LogP contribution is 2.19. The maximum absolute atomic E-state index is 11.8. The number of phenols is 1. The lowest BCUT2D eigenvalue weighted by Gasteiger charge is -2.39. The van der Waals surface area contributed by atoms with Gasteiger partial charge in [0.25, 0.3) is 5.91 Å². The second kappa shape index (κ2) is 7.55. The topological polar surface area (TPSA) is 169 Å². The number of ether oxygens (including phenoxy) is 1. The number of amides is 3. The minimum atomic E-state index is -1.66. The molecular weight excluding hydrogens is 324 g/mol. The molecule has 1 heterocycles. The number of carbonyl (C=O) groups excluding carboxylic acids is 2. The molecule has 1 aromatic rings. The Balaban J connectivity index is 1.96. The second-order valence-electron chi connectivity index (χ2n) is 5.22. The van der Waals surface area contributed by atoms with Crippen molar-refractivity contribution in [3.05, 3.63) is 29.8 Å². The highest BCUT2D eigenvalue weighted by atomic mass is 16.6. The molecule has 1 fully saturated rings. The van der Waals surface area contributed by atoms with Gasteiger partial charge in [0, 0.05) is 5.56 Å². The van der Waals surface area contributed by atoms with E-state index >= 15 is 0 Å². The van der Waals surface area contributed by atoms with Gasteiger partial charge < -0.3 is 35.6 Å². The first-order valence-corrected chi connectivity index (χ1v) is 7.05. The molecule has 5 atom stereocenters. The summed E-state index contributed by atoms with van der Waals surface area (Å²) in [6.45, 7) is -0.642. The summed E-state index contributed by atoms with van der Waals surface area (Å²) < 4.78 is 5.08. The van der Waals surface area contributed by atoms with Gasteiger partial charge in [-0.25, -0.2) is 4.79 Å². The van der Waals surface area contributed by atoms with Crippen molar-refractivity contribution in [2.75, 3.05) is 6.61 Å². The van der Waals surface area contributed by atoms with Crippen LogP contribution >= 0.6 is 0 Å². The Kier molecular flexibility index (Phi) is 5.70. The van der Waals surface area contributed by atoms with Crippen LogP contribution in [0.1, 0.15) is 10.4 Å². The Hall–Kier alpha value is -2.24. The van der Waals surface area contributed by atoms with Gasteiger partial charge in [-0.2, -0.15) is 0 Å². The first-order chi connectivity index (χ1) is 11.3. The zero-order chi connectivity index (χ0) is 17.9. The van der Waals surface area contributed by atoms with Crippen molar-refractivity contribution in [1.82, 2.24) is 10.6 Å². The summed E-state index contributed by atoms with van der Waals surface area (Å²) in [5.41, 5.74) is 0.108. The van der Waals surface area contributed by atoms with Crippen LogP contribution in [-0.2, 0) is 4.74 Å². The molecule has 0 aliphatic carbocycles. The van der Waals surface area contributed by atoms with Crippen LogP contribution in [0.25, 0.3) is 0 Å². The number of rotatable bonds is 3. The molecule has 2 rings (SSSR count). The Bertz CT molecular complexity index is 591. The fourth-order valence-corrected chi connectivity index (χ4v) is 2.17. The van der Waals surface area contributed by atoms with Crippen LogP contribution in [0, 0.1) is 0 Å². The Labute approximate surface area is 136 Å². The zero-order valence-corrected chi connectivity index (χ0v) is 12.4. The minimum Gasteiger partial charge on any atom is -0.508 e. The van der Waals surface area contributed by atoms with Crippen molar-refractivity contribution < 1.29 is 39.9 Å². The van der Waals surface area contributed by atoms with E-state index in [2.05, 4.69) is 5.32 Å². The monoisotopic (exact) mass is 342 g/mol. The molecule has 1 aromatic carbocycles. The lowest BCUT2D eigenvalue weighted by Crippen LogP contribution is -2.64. The molecule has 10 nitrogen and oxygen atoms in total. The van der Waals surface area contributed by atoms with Gasteiger partial charge in [-0.05, 0) is 24.3 Å². The molecule has 0 aromatic heterocycles. The second-order valence-corrected chi connectivity index (χ2v) is 5.22. The average Bonchev–Trinajstić information content (AvgIpc) is 2.55. The molecular formula is C14H18N2O8. The lowest BCUT2D eigenvalue weighted by molar-refractivity contribution is -0.233. The number of benzene rings is 1. The third-order valence-corrected chi connectivity index (χ3v) is 3.52. The molecule has 0 saturated carbocycles. The van der Waals surface area contributed by atoms with Gasteiger partial charge in [-0.15, -0.1) is 0 Å². The van der Waals surface area contributed by atoms with Crippen LogP contribution in [0.15, 0.2) is 24.3 Å². The third kappa shape index (κ3) is 3.99. The van der Waals surface area contributed by atoms with Crippen molar-refractivity contribution in [3.8, 4) is 5.75 Å². The molecule has 3 amide bonds. The summed E-state index contributed by atoms with van der Waals surface area (Å²) in [6.07, 6.45) is -7.47. The van der Waals surface area contributed by atoms with Crippen LogP contribution in [0.3, 0.4) is 0 Å². The quantitative estimate of drug-likeness (QED) is 0.320. The molecule has 1 aliphatic heterocycles. The fourth-order valence-electron chi connectivity index (χ4n) is 2.17. The molecule has 0 unspecified atom stereocenters. The van der Waals surface area contributed by atoms with E-state index < -0.39 is 49.2 Å². The van der Waals surface area contributed by atoms with E-state index in [9.17, 15) is 24.9 Å². The van der Waals surface area contributed by atoms with E-state index in [1.807, 2.05) is 5.32 Å². The number of carbonyl (C=O) groups is 2. The molecule has 0 spiro atoms. The number of aliphatic hydroxyl groups excluding tert-OH is 4. The van der Waals surface area contributed by atoms with Gasteiger partial charge in [0.1, 0.15) is 30.2 Å². The highest BCUT2D eigenvalue weighted by molar-refractivity contribution is 6.04. The van der Waals surface area contributed by atoms with Crippen molar-refractivity contribution in [1.29, 1.82) is 0 Å². The number of nitrogens with one attached hydrogen (secondary N) is 2. The summed E-state index contributed by atoms with van der Waals surface area (Å²) in [7, 11) is 0. The first-order valence-electron chi connectivity index (χ1n) is 7.05. The average molecular weight is 342 g/mol. The third-order valence-electron chi connectivity index (χ3n) is 3.52. The number of aromatic hydroxyl groups is 1. The number of aliphatic hydroxyl groups is 4. The van der Waals surface area contributed by atoms with E-state index in [4.69, 9.17) is 14.9 Å². The molecule has 0 radical (unpaired) electrons. The minimum absolute atomic E-state index is 0.0441. The van der Waals surface area contributed by atoms with Gasteiger partial charge >= 0.3 is 6.03 Å². The van der Waals surface area contributed by atoms with Crippen LogP contribution in [0.4, 0.5) is 4.79 Å². The molecule has 132 valence electrons. The SMILES string of the molecule is O=C(NC(=O)c1ccc(O)cc1)N[C@@H]1O[C@H](CO)[C@@H](O)[C@H](O)[C@H]1O. The first kappa shape index (κ1) is 18.1. The molecule has 1 aliphatic rings. The number of hydrogen-bond acceptors (Lipinski definition) is 8. The van der Waals surface area contributed by atoms with E-state index in [0.29, 0.717) is 0 Å². The van der Waals surface area contributed by atoms with E-state index in [1.54, 1.807) is 0 Å². The van der Waals surface area contributed by atoms with Crippen LogP contribution in [0.5, 0.6) is 5.75 Å². The molecule has 24 heavy (non-hydrogen) atoms. The van der Waals surface area contributed by atoms with Crippen molar-refractivity contribution in [2.24, 2.45) is 0 Å². The lowest BCUT2D eigenvalue weighted by atomic mass is 9.98. The summed E-state index contributed by atoms with van der Waals surface area (Å²) in [4.78, 5) is 23.6. The maximum atomic E-state index is 11.8. The number of phenolic OH excluding ortho intramolecular Hbond substituents is 1. The molecule has 10 heteroatoms. The fraction of sp³-hybridized carbons (Fsp3) is 0.429. The highest BCUT2D eigenvalue weighted by Gasteiger charge is 2.44. The predicted octanol–water partition coefficient (Wildman–Crippen LogP) is -2.37. The van der Waals surface area contributed by atoms with E-state index in [-0.39, 0.29) is 11.3 Å². The zero-order valence-electron chi connectivity index (χ0n) is 12.4. The Morgan fingerprint density at radius 1 is 1.04 bits per heavy atom. The normalized spacial score (nSPS) is 29.8. The van der Waals surface area contributed by atoms with Gasteiger partial charge in [0.2, 0.25) is 0 Å². The molecule has 0 bridgehead atoms. The maximum Gasteiger partial charge on any atom is 0.323 e. The van der Waals surface area contributed by atoms with Crippen LogP contribution in [0.2, 0.25) is 0 Å². The van der Waals surface area contributed by atoms with E-state index in [0.717, 1.165) is 0 Å². The van der Waals surface area contributed by atoms with Gasteiger partial charge in [0.15, 0.2) is 6.23 Å². The largest absolute Gasteiger partial charge is 0.508 e. The number of imide groups is 1. The predicted molar refractivity (Wildman–Crippen MR) is 77.9 cm³/mol. The van der Waals surface area contributed by atoms with Gasteiger partial charge in [-0.3, -0.25) is 10.1 Å². The molecule has 7 N–H and O–H groups in total. The Morgan fingerprint density at radius 3 is 2.25 bits per heavy atom. The molecule has 1 saturated heterocycles. The van der Waals surface area contributed by atoms with Crippen molar-refractivity contribution >= 4 is 11.9 Å². The summed E-state index contributed by atoms with van der Waals surface area (Å²) in [5, 5.41) is 51.3. The summed E-state index contributed by atoms with van der Waals surface area (Å²) in [6, 6.07) is 4.12.